The van der Waals surface area contributed by atoms with E-state index in [-0.39, 0.29) is 5.82 Å². The molecule has 0 saturated heterocycles. The van der Waals surface area contributed by atoms with Crippen LogP contribution in [0.2, 0.25) is 0 Å². The van der Waals surface area contributed by atoms with E-state index in [4.69, 9.17) is 0 Å². The number of rotatable bonds is 0. The highest BCUT2D eigenvalue weighted by molar-refractivity contribution is 6.32. The van der Waals surface area contributed by atoms with E-state index < -0.39 is 0 Å². The second-order valence-electron chi connectivity index (χ2n) is 2.08. The average molecular weight is 123 g/mol. The number of nitrogens with zero attached hydrogens (tertiary/aromatic N) is 1. The summed E-state index contributed by atoms with van der Waals surface area (Å²) >= 11 is 0. The molecule has 0 fully saturated rings. The van der Waals surface area contributed by atoms with Crippen molar-refractivity contribution in [2.75, 3.05) is 0 Å². The fourth-order valence-corrected chi connectivity index (χ4v) is 0.602. The first-order chi connectivity index (χ1) is 4.20. The van der Waals surface area contributed by atoms with Crippen LogP contribution in [0.5, 0.6) is 0 Å². The highest BCUT2D eigenvalue weighted by atomic mass is 19.1. The van der Waals surface area contributed by atoms with E-state index in [1.165, 1.54) is 6.07 Å². The Hall–Kier alpha value is -0.855. The Bertz CT molecular complexity index is 224. The van der Waals surface area contributed by atoms with Crippen LogP contribution in [0.15, 0.2) is 12.3 Å². The summed E-state index contributed by atoms with van der Waals surface area (Å²) in [4.78, 5) is 3.80. The molecular weight excluding hydrogens is 116 g/mol. The zero-order valence-corrected chi connectivity index (χ0v) is 5.48. The van der Waals surface area contributed by atoms with E-state index in [1.807, 2.05) is 7.85 Å². The average Bonchev–Trinajstić information content (AvgIpc) is 1.80. The Kier molecular flexibility index (Phi) is 1.51. The van der Waals surface area contributed by atoms with Gasteiger partial charge in [0.25, 0.3) is 0 Å². The summed E-state index contributed by atoms with van der Waals surface area (Å²) in [6, 6.07) is 1.47. The van der Waals surface area contributed by atoms with Crippen molar-refractivity contribution in [2.24, 2.45) is 0 Å². The van der Waals surface area contributed by atoms with Gasteiger partial charge >= 0.3 is 0 Å². The number of pyridine rings is 1. The van der Waals surface area contributed by atoms with Crippen LogP contribution in [0.3, 0.4) is 0 Å². The van der Waals surface area contributed by atoms with Gasteiger partial charge in [-0.25, -0.2) is 4.39 Å². The lowest BCUT2D eigenvalue weighted by molar-refractivity contribution is 0.611. The number of hydrogen-bond donors (Lipinski definition) is 0. The van der Waals surface area contributed by atoms with E-state index in [1.54, 1.807) is 13.1 Å². The van der Waals surface area contributed by atoms with Gasteiger partial charge in [-0.05, 0) is 13.0 Å². The van der Waals surface area contributed by atoms with Crippen LogP contribution >= 0.6 is 0 Å². The molecule has 3 heteroatoms. The molecule has 0 aliphatic carbocycles. The minimum absolute atomic E-state index is 0.227. The Morgan fingerprint density at radius 1 is 1.67 bits per heavy atom. The predicted molar refractivity (Wildman–Crippen MR) is 37.1 cm³/mol. The lowest BCUT2D eigenvalue weighted by Gasteiger charge is -1.94. The van der Waals surface area contributed by atoms with Gasteiger partial charge in [-0.2, -0.15) is 0 Å². The fraction of sp³-hybridized carbons (Fsp3) is 0.167. The van der Waals surface area contributed by atoms with Gasteiger partial charge < -0.3 is 0 Å². The Morgan fingerprint density at radius 3 is 2.78 bits per heavy atom. The summed E-state index contributed by atoms with van der Waals surface area (Å²) in [5.74, 6) is -0.227. The summed E-state index contributed by atoms with van der Waals surface area (Å²) < 4.78 is 12.5. The van der Waals surface area contributed by atoms with Crippen LogP contribution in [0.4, 0.5) is 4.39 Å². The topological polar surface area (TPSA) is 12.9 Å². The molecule has 0 unspecified atom stereocenters. The molecule has 0 bridgehead atoms. The van der Waals surface area contributed by atoms with Crippen molar-refractivity contribution in [3.63, 3.8) is 0 Å². The Balaban J connectivity index is 3.17. The van der Waals surface area contributed by atoms with E-state index >= 15 is 0 Å². The molecule has 1 aromatic rings. The lowest BCUT2D eigenvalue weighted by atomic mass is 9.99. The van der Waals surface area contributed by atoms with Crippen molar-refractivity contribution < 1.29 is 4.39 Å². The lowest BCUT2D eigenvalue weighted by Crippen LogP contribution is -2.05. The molecule has 0 radical (unpaired) electrons. The van der Waals surface area contributed by atoms with Crippen LogP contribution in [0.1, 0.15) is 5.69 Å². The van der Waals surface area contributed by atoms with Crippen molar-refractivity contribution in [1.29, 1.82) is 0 Å². The second kappa shape index (κ2) is 2.17. The normalized spacial score (nSPS) is 9.56. The molecule has 1 nitrogen and oxygen atoms in total. The summed E-state index contributed by atoms with van der Waals surface area (Å²) in [5.41, 5.74) is 1.32. The van der Waals surface area contributed by atoms with Gasteiger partial charge in [-0.15, -0.1) is 0 Å². The van der Waals surface area contributed by atoms with Crippen LogP contribution < -0.4 is 5.46 Å². The van der Waals surface area contributed by atoms with Crippen molar-refractivity contribution in [3.8, 4) is 0 Å². The summed E-state index contributed by atoms with van der Waals surface area (Å²) in [6.07, 6.45) is 1.65. The van der Waals surface area contributed by atoms with Crippen molar-refractivity contribution in [3.05, 3.63) is 23.8 Å². The summed E-state index contributed by atoms with van der Waals surface area (Å²) in [6.45, 7) is 1.65. The SMILES string of the molecule is Bc1cnc(C)c(F)c1. The predicted octanol–water partition coefficient (Wildman–Crippen LogP) is -0.212. The van der Waals surface area contributed by atoms with Crippen LogP contribution in [0, 0.1) is 12.7 Å². The molecule has 0 atom stereocenters. The van der Waals surface area contributed by atoms with Gasteiger partial charge in [-0.1, -0.05) is 5.46 Å². The van der Waals surface area contributed by atoms with Gasteiger partial charge in [0.1, 0.15) is 13.7 Å². The van der Waals surface area contributed by atoms with Crippen LogP contribution in [0.25, 0.3) is 0 Å². The second-order valence-corrected chi connectivity index (χ2v) is 2.08. The minimum atomic E-state index is -0.227. The number of halogens is 1. The number of aromatic nitrogens is 1. The maximum Gasteiger partial charge on any atom is 0.143 e. The molecule has 0 aliphatic rings. The summed E-state index contributed by atoms with van der Waals surface area (Å²) in [7, 11) is 1.82. The third-order valence-electron chi connectivity index (χ3n) is 1.16. The standard InChI is InChI=1S/C6H7BFN/c1-4-6(8)2-5(7)3-9-4/h2-3H,7H2,1H3. The number of aryl methyl sites for hydroxylation is 1. The Morgan fingerprint density at radius 2 is 2.33 bits per heavy atom. The van der Waals surface area contributed by atoms with Gasteiger partial charge in [-0.3, -0.25) is 4.98 Å². The van der Waals surface area contributed by atoms with Crippen LogP contribution in [-0.4, -0.2) is 12.8 Å². The monoisotopic (exact) mass is 123 g/mol. The minimum Gasteiger partial charge on any atom is -0.259 e. The third kappa shape index (κ3) is 1.28. The smallest absolute Gasteiger partial charge is 0.143 e. The maximum atomic E-state index is 12.5. The van der Waals surface area contributed by atoms with Gasteiger partial charge in [0.2, 0.25) is 0 Å². The molecule has 0 aromatic carbocycles. The first-order valence-corrected chi connectivity index (χ1v) is 2.79. The molecular formula is C6H7BFN. The fourth-order valence-electron chi connectivity index (χ4n) is 0.602. The van der Waals surface area contributed by atoms with E-state index in [0.717, 1.165) is 5.46 Å². The van der Waals surface area contributed by atoms with E-state index in [9.17, 15) is 4.39 Å². The first kappa shape index (κ1) is 6.27. The van der Waals surface area contributed by atoms with Gasteiger partial charge in [0.15, 0.2) is 0 Å². The maximum absolute atomic E-state index is 12.5. The zero-order chi connectivity index (χ0) is 6.85. The summed E-state index contributed by atoms with van der Waals surface area (Å²) in [5, 5.41) is 0. The van der Waals surface area contributed by atoms with Crippen molar-refractivity contribution in [2.45, 2.75) is 6.92 Å². The Labute approximate surface area is 54.3 Å². The van der Waals surface area contributed by atoms with Crippen molar-refractivity contribution in [1.82, 2.24) is 4.98 Å². The molecule has 0 spiro atoms. The van der Waals surface area contributed by atoms with E-state index in [2.05, 4.69) is 4.98 Å². The third-order valence-corrected chi connectivity index (χ3v) is 1.16. The quantitative estimate of drug-likeness (QED) is 0.435. The molecule has 0 aliphatic heterocycles. The highest BCUT2D eigenvalue weighted by Crippen LogP contribution is 1.96. The van der Waals surface area contributed by atoms with E-state index in [0.29, 0.717) is 5.69 Å². The van der Waals surface area contributed by atoms with Gasteiger partial charge in [0, 0.05) is 6.20 Å². The van der Waals surface area contributed by atoms with Crippen molar-refractivity contribution >= 4 is 13.3 Å². The molecule has 1 aromatic heterocycles. The van der Waals surface area contributed by atoms with Crippen LogP contribution in [-0.2, 0) is 0 Å². The highest BCUT2D eigenvalue weighted by Gasteiger charge is 1.94. The largest absolute Gasteiger partial charge is 0.259 e. The molecule has 9 heavy (non-hydrogen) atoms. The molecule has 1 heterocycles. The molecule has 1 rings (SSSR count). The van der Waals surface area contributed by atoms with Gasteiger partial charge in [0.05, 0.1) is 5.69 Å². The molecule has 0 amide bonds. The number of hydrogen-bond acceptors (Lipinski definition) is 1. The first-order valence-electron chi connectivity index (χ1n) is 2.79. The molecule has 46 valence electrons. The molecule has 0 saturated carbocycles. The molecule has 0 N–H and O–H groups in total. The zero-order valence-electron chi connectivity index (χ0n) is 5.48.